The molecule has 0 fully saturated rings. The molecule has 0 saturated carbocycles. The third kappa shape index (κ3) is 11.4. The molecule has 46 heavy (non-hydrogen) atoms. The highest BCUT2D eigenvalue weighted by atomic mass is 16.2. The van der Waals surface area contributed by atoms with Crippen LogP contribution in [0.3, 0.4) is 0 Å². The first kappa shape index (κ1) is 35.9. The SMILES string of the molecule is CC=O.CCN(CC(c1ccccc1)c1ccccc1)C(=O)[C@H](CCCN=C(N)N)NC[C@H](Cc1ccc2ccccc2c1)NC. The molecule has 0 aliphatic rings. The average molecular weight is 623 g/mol. The van der Waals surface area contributed by atoms with Crippen molar-refractivity contribution in [1.29, 1.82) is 0 Å². The van der Waals surface area contributed by atoms with Crippen molar-refractivity contribution in [2.75, 3.05) is 33.2 Å². The molecule has 0 unspecified atom stereocenters. The quantitative estimate of drug-likeness (QED) is 0.0612. The number of hydrogen-bond donors (Lipinski definition) is 4. The molecular formula is C38H50N6O2. The van der Waals surface area contributed by atoms with E-state index in [1.54, 1.807) is 0 Å². The van der Waals surface area contributed by atoms with E-state index in [4.69, 9.17) is 16.3 Å². The van der Waals surface area contributed by atoms with Crippen LogP contribution in [0.25, 0.3) is 10.8 Å². The van der Waals surface area contributed by atoms with E-state index in [0.29, 0.717) is 39.0 Å². The highest BCUT2D eigenvalue weighted by Gasteiger charge is 2.27. The molecule has 6 N–H and O–H groups in total. The Hall–Kier alpha value is -4.53. The van der Waals surface area contributed by atoms with E-state index in [1.165, 1.54) is 34.4 Å². The Morgan fingerprint density at radius 1 is 0.891 bits per heavy atom. The van der Waals surface area contributed by atoms with E-state index >= 15 is 0 Å². The number of likely N-dealkylation sites (N-methyl/N-ethyl adjacent to an activating group) is 2. The lowest BCUT2D eigenvalue weighted by molar-refractivity contribution is -0.133. The molecule has 0 bridgehead atoms. The highest BCUT2D eigenvalue weighted by Crippen LogP contribution is 2.26. The molecule has 0 aromatic heterocycles. The van der Waals surface area contributed by atoms with E-state index < -0.39 is 0 Å². The number of fused-ring (bicyclic) bond motifs is 1. The zero-order chi connectivity index (χ0) is 33.1. The molecule has 4 aromatic rings. The first-order valence-corrected chi connectivity index (χ1v) is 16.1. The van der Waals surface area contributed by atoms with Crippen LogP contribution in [-0.4, -0.2) is 68.4 Å². The smallest absolute Gasteiger partial charge is 0.239 e. The topological polar surface area (TPSA) is 126 Å². The molecule has 8 nitrogen and oxygen atoms in total. The zero-order valence-corrected chi connectivity index (χ0v) is 27.4. The second kappa shape index (κ2) is 19.8. The van der Waals surface area contributed by atoms with Crippen molar-refractivity contribution in [3.05, 3.63) is 120 Å². The Morgan fingerprint density at radius 2 is 1.48 bits per heavy atom. The van der Waals surface area contributed by atoms with Gasteiger partial charge in [-0.25, -0.2) is 0 Å². The van der Waals surface area contributed by atoms with Gasteiger partial charge in [0.2, 0.25) is 5.91 Å². The normalized spacial score (nSPS) is 12.1. The Bertz CT molecular complexity index is 1450. The average Bonchev–Trinajstić information content (AvgIpc) is 3.08. The number of aldehydes is 1. The third-order valence-electron chi connectivity index (χ3n) is 8.06. The minimum Gasteiger partial charge on any atom is -0.370 e. The van der Waals surface area contributed by atoms with Crippen LogP contribution in [0.2, 0.25) is 0 Å². The summed E-state index contributed by atoms with van der Waals surface area (Å²) in [4.78, 5) is 29.1. The minimum absolute atomic E-state index is 0.0743. The van der Waals surface area contributed by atoms with Crippen LogP contribution in [0, 0.1) is 0 Å². The second-order valence-corrected chi connectivity index (χ2v) is 11.3. The highest BCUT2D eigenvalue weighted by molar-refractivity contribution is 5.83. The first-order chi connectivity index (χ1) is 22.4. The maximum atomic E-state index is 14.2. The van der Waals surface area contributed by atoms with Crippen LogP contribution in [0.15, 0.2) is 108 Å². The van der Waals surface area contributed by atoms with Crippen molar-refractivity contribution >= 4 is 28.9 Å². The van der Waals surface area contributed by atoms with Crippen molar-refractivity contribution in [3.8, 4) is 0 Å². The number of rotatable bonds is 16. The summed E-state index contributed by atoms with van der Waals surface area (Å²) >= 11 is 0. The van der Waals surface area contributed by atoms with Crippen molar-refractivity contribution in [3.63, 3.8) is 0 Å². The van der Waals surface area contributed by atoms with E-state index in [1.807, 2.05) is 24.1 Å². The lowest BCUT2D eigenvalue weighted by Gasteiger charge is -2.31. The van der Waals surface area contributed by atoms with Crippen molar-refractivity contribution in [1.82, 2.24) is 15.5 Å². The van der Waals surface area contributed by atoms with Gasteiger partial charge in [0.05, 0.1) is 6.04 Å². The van der Waals surface area contributed by atoms with E-state index in [2.05, 4.69) is 114 Å². The molecule has 4 rings (SSSR count). The molecule has 8 heteroatoms. The standard InChI is InChI=1S/C36H46N6O.C2H4O/c1-3-42(26-33(29-14-6-4-7-15-29)30-16-8-5-9-17-30)35(43)34(19-12-22-40-36(37)38)41-25-32(39-2)24-27-20-21-28-13-10-11-18-31(28)23-27;1-2-3/h4-11,13-18,20-21,23,32-34,39,41H,3,12,19,22,24-26H2,1-2H3,(H4,37,38,40);2H,1H3/t32-,34-;/m0./s1. The summed E-state index contributed by atoms with van der Waals surface area (Å²) in [6, 6.07) is 35.7. The number of guanidine groups is 1. The van der Waals surface area contributed by atoms with Gasteiger partial charge in [-0.15, -0.1) is 0 Å². The van der Waals surface area contributed by atoms with E-state index in [0.717, 1.165) is 12.7 Å². The summed E-state index contributed by atoms with van der Waals surface area (Å²) in [6.07, 6.45) is 2.94. The van der Waals surface area contributed by atoms with Crippen molar-refractivity contribution in [2.24, 2.45) is 16.5 Å². The first-order valence-electron chi connectivity index (χ1n) is 16.1. The predicted octanol–water partition coefficient (Wildman–Crippen LogP) is 4.87. The number of carbonyl (C=O) groups excluding carboxylic acids is 2. The third-order valence-corrected chi connectivity index (χ3v) is 8.06. The fourth-order valence-electron chi connectivity index (χ4n) is 5.62. The zero-order valence-electron chi connectivity index (χ0n) is 27.4. The number of nitrogens with two attached hydrogens (primary N) is 2. The molecule has 0 aliphatic carbocycles. The van der Waals surface area contributed by atoms with Crippen LogP contribution in [-0.2, 0) is 16.0 Å². The summed E-state index contributed by atoms with van der Waals surface area (Å²) in [5, 5.41) is 9.54. The van der Waals surface area contributed by atoms with Gasteiger partial charge in [-0.1, -0.05) is 103 Å². The van der Waals surface area contributed by atoms with Gasteiger partial charge < -0.3 is 31.8 Å². The van der Waals surface area contributed by atoms with Gasteiger partial charge in [0.1, 0.15) is 6.29 Å². The van der Waals surface area contributed by atoms with Crippen LogP contribution in [0.1, 0.15) is 49.3 Å². The lowest BCUT2D eigenvalue weighted by atomic mass is 9.90. The number of nitrogens with one attached hydrogen (secondary N) is 2. The molecule has 2 atom stereocenters. The molecule has 0 spiro atoms. The molecular weight excluding hydrogens is 572 g/mol. The Kier molecular flexibility index (Phi) is 15.4. The molecule has 0 saturated heterocycles. The number of aliphatic imine (C=N–C) groups is 1. The van der Waals surface area contributed by atoms with Gasteiger partial charge in [0, 0.05) is 38.1 Å². The summed E-state index contributed by atoms with van der Waals surface area (Å²) < 4.78 is 0. The predicted molar refractivity (Wildman–Crippen MR) is 191 cm³/mol. The van der Waals surface area contributed by atoms with Crippen LogP contribution >= 0.6 is 0 Å². The monoisotopic (exact) mass is 622 g/mol. The molecule has 244 valence electrons. The lowest BCUT2D eigenvalue weighted by Crippen LogP contribution is -2.51. The van der Waals surface area contributed by atoms with Gasteiger partial charge in [0.25, 0.3) is 0 Å². The summed E-state index contributed by atoms with van der Waals surface area (Å²) in [6.45, 7) is 5.86. The van der Waals surface area contributed by atoms with Gasteiger partial charge in [-0.05, 0) is 67.6 Å². The van der Waals surface area contributed by atoms with E-state index in [9.17, 15) is 4.79 Å². The molecule has 4 aromatic carbocycles. The number of carbonyl (C=O) groups is 2. The van der Waals surface area contributed by atoms with Crippen LogP contribution < -0.4 is 22.1 Å². The number of amides is 1. The molecule has 0 heterocycles. The Morgan fingerprint density at radius 3 is 2.04 bits per heavy atom. The second-order valence-electron chi connectivity index (χ2n) is 11.3. The fourth-order valence-corrected chi connectivity index (χ4v) is 5.62. The maximum absolute atomic E-state index is 14.2. The summed E-state index contributed by atoms with van der Waals surface area (Å²) in [5.41, 5.74) is 14.8. The Labute approximate surface area is 274 Å². The largest absolute Gasteiger partial charge is 0.370 e. The minimum atomic E-state index is -0.353. The van der Waals surface area contributed by atoms with Gasteiger partial charge in [-0.3, -0.25) is 9.79 Å². The van der Waals surface area contributed by atoms with Crippen LogP contribution in [0.4, 0.5) is 0 Å². The van der Waals surface area contributed by atoms with E-state index in [-0.39, 0.29) is 29.9 Å². The number of nitrogens with zero attached hydrogens (tertiary/aromatic N) is 2. The van der Waals surface area contributed by atoms with Crippen molar-refractivity contribution < 1.29 is 9.59 Å². The summed E-state index contributed by atoms with van der Waals surface area (Å²) in [5.74, 6) is 0.251. The van der Waals surface area contributed by atoms with Crippen molar-refractivity contribution in [2.45, 2.75) is 51.1 Å². The number of benzene rings is 4. The Balaban J connectivity index is 0.00000185. The fraction of sp³-hybridized carbons (Fsp3) is 0.342. The van der Waals surface area contributed by atoms with Crippen LogP contribution in [0.5, 0.6) is 0 Å². The summed E-state index contributed by atoms with van der Waals surface area (Å²) in [7, 11) is 1.98. The van der Waals surface area contributed by atoms with Gasteiger partial charge in [-0.2, -0.15) is 0 Å². The van der Waals surface area contributed by atoms with Gasteiger partial charge in [0.15, 0.2) is 5.96 Å². The molecule has 0 radical (unpaired) electrons. The molecule has 1 amide bonds. The molecule has 0 aliphatic heterocycles. The van der Waals surface area contributed by atoms with Gasteiger partial charge >= 0.3 is 0 Å². The number of hydrogen-bond acceptors (Lipinski definition) is 5. The maximum Gasteiger partial charge on any atom is 0.239 e.